The number of nitrogens with one attached hydrogen (secondary N) is 1. The van der Waals surface area contributed by atoms with Gasteiger partial charge in [0.1, 0.15) is 0 Å². The van der Waals surface area contributed by atoms with Gasteiger partial charge in [0.15, 0.2) is 0 Å². The molecule has 1 N–H and O–H groups in total. The molecule has 0 unspecified atom stereocenters. The van der Waals surface area contributed by atoms with E-state index in [4.69, 9.17) is 4.74 Å². The van der Waals surface area contributed by atoms with Crippen LogP contribution in [0.25, 0.3) is 0 Å². The lowest BCUT2D eigenvalue weighted by Gasteiger charge is -2.32. The van der Waals surface area contributed by atoms with Crippen molar-refractivity contribution in [1.29, 1.82) is 0 Å². The molecule has 6 nitrogen and oxygen atoms in total. The molecule has 2 fully saturated rings. The molecule has 2 aliphatic heterocycles. The summed E-state index contributed by atoms with van der Waals surface area (Å²) in [7, 11) is 0. The van der Waals surface area contributed by atoms with Crippen molar-refractivity contribution in [2.75, 3.05) is 31.1 Å². The van der Waals surface area contributed by atoms with Gasteiger partial charge >= 0.3 is 6.03 Å². The van der Waals surface area contributed by atoms with Crippen molar-refractivity contribution >= 4 is 11.7 Å². The molecule has 0 radical (unpaired) electrons. The van der Waals surface area contributed by atoms with Crippen molar-refractivity contribution < 1.29 is 9.53 Å². The summed E-state index contributed by atoms with van der Waals surface area (Å²) in [6.45, 7) is 4.98. The largest absolute Gasteiger partial charge is 0.371 e. The summed E-state index contributed by atoms with van der Waals surface area (Å²) in [5, 5.41) is 2.84. The van der Waals surface area contributed by atoms with E-state index in [1.54, 1.807) is 11.1 Å². The average molecular weight is 366 g/mol. The second kappa shape index (κ2) is 8.50. The van der Waals surface area contributed by atoms with Crippen LogP contribution < -0.4 is 10.2 Å². The molecule has 0 aliphatic carbocycles. The lowest BCUT2D eigenvalue weighted by molar-refractivity contribution is -0.0132. The molecule has 1 aromatic carbocycles. The Morgan fingerprint density at radius 1 is 1.15 bits per heavy atom. The first kappa shape index (κ1) is 17.9. The SMILES string of the molecule is O=C1NCCN1c1ccc(CN2CCC[C@H](OCc3ccccn3)C2)cc1. The zero-order valence-electron chi connectivity index (χ0n) is 15.5. The third-order valence-electron chi connectivity index (χ3n) is 5.17. The lowest BCUT2D eigenvalue weighted by atomic mass is 10.1. The van der Waals surface area contributed by atoms with Gasteiger partial charge in [-0.05, 0) is 49.2 Å². The van der Waals surface area contributed by atoms with E-state index >= 15 is 0 Å². The number of ether oxygens (including phenoxy) is 1. The van der Waals surface area contributed by atoms with Gasteiger partial charge in [-0.2, -0.15) is 0 Å². The Balaban J connectivity index is 1.29. The molecule has 1 aromatic heterocycles. The molecule has 1 atom stereocenters. The highest BCUT2D eigenvalue weighted by Crippen LogP contribution is 2.20. The first-order chi connectivity index (χ1) is 13.3. The molecule has 3 heterocycles. The monoisotopic (exact) mass is 366 g/mol. The van der Waals surface area contributed by atoms with Gasteiger partial charge in [0, 0.05) is 38.1 Å². The Morgan fingerprint density at radius 3 is 2.78 bits per heavy atom. The van der Waals surface area contributed by atoms with Crippen LogP contribution in [0.4, 0.5) is 10.5 Å². The summed E-state index contributed by atoms with van der Waals surface area (Å²) in [4.78, 5) is 20.3. The summed E-state index contributed by atoms with van der Waals surface area (Å²) < 4.78 is 6.08. The number of amides is 2. The zero-order chi connectivity index (χ0) is 18.5. The van der Waals surface area contributed by atoms with E-state index in [2.05, 4.69) is 27.3 Å². The summed E-state index contributed by atoms with van der Waals surface area (Å²) in [6.07, 6.45) is 4.32. The first-order valence-corrected chi connectivity index (χ1v) is 9.66. The van der Waals surface area contributed by atoms with E-state index in [0.717, 1.165) is 50.4 Å². The van der Waals surface area contributed by atoms with E-state index < -0.39 is 0 Å². The summed E-state index contributed by atoms with van der Waals surface area (Å²) >= 11 is 0. The summed E-state index contributed by atoms with van der Waals surface area (Å²) in [5.74, 6) is 0. The predicted molar refractivity (Wildman–Crippen MR) is 105 cm³/mol. The van der Waals surface area contributed by atoms with Crippen LogP contribution in [0.5, 0.6) is 0 Å². The van der Waals surface area contributed by atoms with Crippen molar-refractivity contribution in [3.8, 4) is 0 Å². The maximum atomic E-state index is 11.8. The predicted octanol–water partition coefficient (Wildman–Crippen LogP) is 2.79. The van der Waals surface area contributed by atoms with Crippen LogP contribution in [-0.4, -0.2) is 48.2 Å². The van der Waals surface area contributed by atoms with E-state index in [1.807, 2.05) is 30.3 Å². The van der Waals surface area contributed by atoms with Crippen LogP contribution in [0.3, 0.4) is 0 Å². The molecular formula is C21H26N4O2. The number of likely N-dealkylation sites (tertiary alicyclic amines) is 1. The normalized spacial score (nSPS) is 20.7. The Morgan fingerprint density at radius 2 is 2.04 bits per heavy atom. The van der Waals surface area contributed by atoms with Crippen molar-refractivity contribution in [1.82, 2.24) is 15.2 Å². The fourth-order valence-corrected chi connectivity index (χ4v) is 3.74. The van der Waals surface area contributed by atoms with Crippen molar-refractivity contribution in [2.45, 2.75) is 32.1 Å². The molecule has 2 amide bonds. The van der Waals surface area contributed by atoms with Crippen LogP contribution in [0.15, 0.2) is 48.7 Å². The topological polar surface area (TPSA) is 57.7 Å². The van der Waals surface area contributed by atoms with Gasteiger partial charge in [-0.3, -0.25) is 14.8 Å². The van der Waals surface area contributed by atoms with Crippen LogP contribution in [0.2, 0.25) is 0 Å². The van der Waals surface area contributed by atoms with Crippen LogP contribution in [0.1, 0.15) is 24.1 Å². The molecule has 0 spiro atoms. The highest BCUT2D eigenvalue weighted by molar-refractivity contribution is 5.93. The molecule has 4 rings (SSSR count). The van der Waals surface area contributed by atoms with Crippen LogP contribution in [-0.2, 0) is 17.9 Å². The minimum Gasteiger partial charge on any atom is -0.371 e. The minimum absolute atomic E-state index is 0.00771. The Bertz CT molecular complexity index is 751. The molecule has 2 aromatic rings. The zero-order valence-corrected chi connectivity index (χ0v) is 15.5. The number of pyridine rings is 1. The van der Waals surface area contributed by atoms with Gasteiger partial charge < -0.3 is 10.1 Å². The number of rotatable bonds is 6. The molecule has 0 bridgehead atoms. The number of hydrogen-bond donors (Lipinski definition) is 1. The molecular weight excluding hydrogens is 340 g/mol. The molecule has 2 aliphatic rings. The number of piperidine rings is 1. The Hall–Kier alpha value is -2.44. The van der Waals surface area contributed by atoms with Gasteiger partial charge in [-0.25, -0.2) is 4.79 Å². The maximum Gasteiger partial charge on any atom is 0.321 e. The fourth-order valence-electron chi connectivity index (χ4n) is 3.74. The third-order valence-corrected chi connectivity index (χ3v) is 5.17. The van der Waals surface area contributed by atoms with Crippen molar-refractivity contribution in [3.63, 3.8) is 0 Å². The summed E-state index contributed by atoms with van der Waals surface area (Å²) in [6, 6.07) is 14.2. The standard InChI is InChI=1S/C21H26N4O2/c26-21-23-11-13-25(21)19-8-6-17(7-9-19)14-24-12-3-5-20(15-24)27-16-18-4-1-2-10-22-18/h1-2,4,6-10,20H,3,5,11-16H2,(H,23,26)/t20-/m0/s1. The van der Waals surface area contributed by atoms with Crippen LogP contribution >= 0.6 is 0 Å². The van der Waals surface area contributed by atoms with Gasteiger partial charge in [0.25, 0.3) is 0 Å². The van der Waals surface area contributed by atoms with E-state index in [9.17, 15) is 4.79 Å². The highest BCUT2D eigenvalue weighted by atomic mass is 16.5. The maximum absolute atomic E-state index is 11.8. The second-order valence-electron chi connectivity index (χ2n) is 7.18. The number of aromatic nitrogens is 1. The first-order valence-electron chi connectivity index (χ1n) is 9.66. The Labute approximate surface area is 160 Å². The van der Waals surface area contributed by atoms with Gasteiger partial charge in [-0.1, -0.05) is 18.2 Å². The second-order valence-corrected chi connectivity index (χ2v) is 7.18. The Kier molecular flexibility index (Phi) is 5.65. The van der Waals surface area contributed by atoms with E-state index in [-0.39, 0.29) is 12.1 Å². The van der Waals surface area contributed by atoms with Crippen molar-refractivity contribution in [2.24, 2.45) is 0 Å². The van der Waals surface area contributed by atoms with E-state index in [0.29, 0.717) is 13.2 Å². The minimum atomic E-state index is -0.00771. The average Bonchev–Trinajstić information content (AvgIpc) is 3.14. The number of urea groups is 1. The van der Waals surface area contributed by atoms with Gasteiger partial charge in [0.2, 0.25) is 0 Å². The molecule has 2 saturated heterocycles. The number of nitrogens with zero attached hydrogens (tertiary/aromatic N) is 3. The lowest BCUT2D eigenvalue weighted by Crippen LogP contribution is -2.39. The van der Waals surface area contributed by atoms with E-state index in [1.165, 1.54) is 5.56 Å². The van der Waals surface area contributed by atoms with Crippen LogP contribution in [0, 0.1) is 0 Å². The third kappa shape index (κ3) is 4.64. The number of hydrogen-bond acceptors (Lipinski definition) is 4. The number of benzene rings is 1. The van der Waals surface area contributed by atoms with Crippen molar-refractivity contribution in [3.05, 3.63) is 59.9 Å². The molecule has 0 saturated carbocycles. The highest BCUT2D eigenvalue weighted by Gasteiger charge is 2.22. The number of carbonyl (C=O) groups is 1. The fraction of sp³-hybridized carbons (Fsp3) is 0.429. The molecule has 142 valence electrons. The quantitative estimate of drug-likeness (QED) is 0.854. The number of carbonyl (C=O) groups excluding carboxylic acids is 1. The molecule has 27 heavy (non-hydrogen) atoms. The molecule has 6 heteroatoms. The van der Waals surface area contributed by atoms with Gasteiger partial charge in [0.05, 0.1) is 18.4 Å². The number of anilines is 1. The van der Waals surface area contributed by atoms with Gasteiger partial charge in [-0.15, -0.1) is 0 Å². The summed E-state index contributed by atoms with van der Waals surface area (Å²) in [5.41, 5.74) is 3.21. The smallest absolute Gasteiger partial charge is 0.321 e.